The molecule has 0 aliphatic carbocycles. The molecule has 1 atom stereocenters. The standard InChI is InChI=1S/C20H19F3N4O2/c1-28-18-8-3-2-7-17(18)27-9-10-29-19(27)16-13-26(25-24-16)12-14-5-4-6-15(11-14)20(21,22)23/h2-8,11,13,19H,9-10,12H2,1H3/t19-/m0/s1. The van der Waals surface area contributed by atoms with E-state index in [-0.39, 0.29) is 6.54 Å². The van der Waals surface area contributed by atoms with Crippen molar-refractivity contribution in [2.75, 3.05) is 25.2 Å². The lowest BCUT2D eigenvalue weighted by molar-refractivity contribution is -0.137. The molecular weight excluding hydrogens is 385 g/mol. The van der Waals surface area contributed by atoms with Gasteiger partial charge in [0.15, 0.2) is 6.23 Å². The smallest absolute Gasteiger partial charge is 0.416 e. The van der Waals surface area contributed by atoms with Gasteiger partial charge in [-0.3, -0.25) is 0 Å². The molecule has 1 saturated heterocycles. The number of alkyl halides is 3. The zero-order chi connectivity index (χ0) is 20.4. The van der Waals surface area contributed by atoms with Crippen molar-refractivity contribution in [3.63, 3.8) is 0 Å². The number of methoxy groups -OCH3 is 1. The third kappa shape index (κ3) is 4.04. The maximum absolute atomic E-state index is 12.9. The molecule has 1 aliphatic rings. The molecule has 2 aromatic carbocycles. The number of ether oxygens (including phenoxy) is 2. The fourth-order valence-corrected chi connectivity index (χ4v) is 3.37. The number of anilines is 1. The highest BCUT2D eigenvalue weighted by Crippen LogP contribution is 2.36. The van der Waals surface area contributed by atoms with Crippen LogP contribution in [0.25, 0.3) is 0 Å². The summed E-state index contributed by atoms with van der Waals surface area (Å²) in [4.78, 5) is 2.03. The first-order valence-electron chi connectivity index (χ1n) is 9.03. The summed E-state index contributed by atoms with van der Waals surface area (Å²) >= 11 is 0. The van der Waals surface area contributed by atoms with E-state index in [4.69, 9.17) is 9.47 Å². The Morgan fingerprint density at radius 2 is 2.00 bits per heavy atom. The van der Waals surface area contributed by atoms with Gasteiger partial charge in [-0.2, -0.15) is 13.2 Å². The molecule has 3 aromatic rings. The summed E-state index contributed by atoms with van der Waals surface area (Å²) in [6.45, 7) is 1.35. The topological polar surface area (TPSA) is 52.4 Å². The highest BCUT2D eigenvalue weighted by Gasteiger charge is 2.32. The Hall–Kier alpha value is -3.07. The van der Waals surface area contributed by atoms with Gasteiger partial charge in [0.1, 0.15) is 11.4 Å². The fraction of sp³-hybridized carbons (Fsp3) is 0.300. The molecule has 0 N–H and O–H groups in total. The van der Waals surface area contributed by atoms with Crippen LogP contribution in [0.4, 0.5) is 18.9 Å². The predicted octanol–water partition coefficient (Wildman–Crippen LogP) is 3.89. The normalized spacial score (nSPS) is 17.0. The van der Waals surface area contributed by atoms with Crippen LogP contribution < -0.4 is 9.64 Å². The Balaban J connectivity index is 1.54. The van der Waals surface area contributed by atoms with Gasteiger partial charge in [-0.15, -0.1) is 5.10 Å². The highest BCUT2D eigenvalue weighted by molar-refractivity contribution is 5.59. The third-order valence-corrected chi connectivity index (χ3v) is 4.69. The van der Waals surface area contributed by atoms with Gasteiger partial charge in [-0.1, -0.05) is 29.5 Å². The predicted molar refractivity (Wildman–Crippen MR) is 99.6 cm³/mol. The maximum Gasteiger partial charge on any atom is 0.416 e. The van der Waals surface area contributed by atoms with Crippen LogP contribution in [0, 0.1) is 0 Å². The van der Waals surface area contributed by atoms with Crippen molar-refractivity contribution >= 4 is 5.69 Å². The summed E-state index contributed by atoms with van der Waals surface area (Å²) in [6, 6.07) is 12.8. The van der Waals surface area contributed by atoms with Crippen LogP contribution in [0.5, 0.6) is 5.75 Å². The van der Waals surface area contributed by atoms with Gasteiger partial charge in [-0.05, 0) is 29.8 Å². The van der Waals surface area contributed by atoms with Crippen LogP contribution in [0.3, 0.4) is 0 Å². The number of rotatable bonds is 5. The molecule has 9 heteroatoms. The summed E-state index contributed by atoms with van der Waals surface area (Å²) < 4.78 is 51.5. The molecule has 152 valence electrons. The number of nitrogens with zero attached hydrogens (tertiary/aromatic N) is 4. The van der Waals surface area contributed by atoms with Crippen molar-refractivity contribution in [2.24, 2.45) is 0 Å². The van der Waals surface area contributed by atoms with Gasteiger partial charge in [-0.25, -0.2) is 4.68 Å². The van der Waals surface area contributed by atoms with E-state index < -0.39 is 18.0 Å². The lowest BCUT2D eigenvalue weighted by Gasteiger charge is -2.25. The van der Waals surface area contributed by atoms with Gasteiger partial charge in [0, 0.05) is 6.54 Å². The minimum absolute atomic E-state index is 0.179. The second-order valence-electron chi connectivity index (χ2n) is 6.63. The fourth-order valence-electron chi connectivity index (χ4n) is 3.37. The molecule has 0 spiro atoms. The summed E-state index contributed by atoms with van der Waals surface area (Å²) in [5.41, 5.74) is 1.27. The van der Waals surface area contributed by atoms with E-state index >= 15 is 0 Å². The van der Waals surface area contributed by atoms with Crippen LogP contribution in [0.2, 0.25) is 0 Å². The Kier molecular flexibility index (Phi) is 5.14. The molecule has 1 aromatic heterocycles. The van der Waals surface area contributed by atoms with Crippen molar-refractivity contribution < 1.29 is 22.6 Å². The number of hydrogen-bond donors (Lipinski definition) is 0. The SMILES string of the molecule is COc1ccccc1N1CCO[C@H]1c1cn(Cc2cccc(C(F)(F)F)c2)nn1. The maximum atomic E-state index is 12.9. The van der Waals surface area contributed by atoms with E-state index in [9.17, 15) is 13.2 Å². The lowest BCUT2D eigenvalue weighted by atomic mass is 10.1. The van der Waals surface area contributed by atoms with Crippen molar-refractivity contribution in [1.82, 2.24) is 15.0 Å². The molecule has 0 unspecified atom stereocenters. The second kappa shape index (κ2) is 7.75. The van der Waals surface area contributed by atoms with Crippen LogP contribution in [0.15, 0.2) is 54.7 Å². The Morgan fingerprint density at radius 3 is 2.79 bits per heavy atom. The minimum Gasteiger partial charge on any atom is -0.495 e. The molecular formula is C20H19F3N4O2. The van der Waals surface area contributed by atoms with Crippen molar-refractivity contribution in [2.45, 2.75) is 18.9 Å². The molecule has 0 saturated carbocycles. The van der Waals surface area contributed by atoms with Crippen LogP contribution in [-0.4, -0.2) is 35.3 Å². The Bertz CT molecular complexity index is 990. The summed E-state index contributed by atoms with van der Waals surface area (Å²) in [5, 5.41) is 8.25. The van der Waals surface area contributed by atoms with Crippen molar-refractivity contribution in [3.05, 3.63) is 71.5 Å². The Morgan fingerprint density at radius 1 is 1.17 bits per heavy atom. The average molecular weight is 404 g/mol. The minimum atomic E-state index is -4.38. The lowest BCUT2D eigenvalue weighted by Crippen LogP contribution is -2.24. The van der Waals surface area contributed by atoms with Crippen LogP contribution >= 0.6 is 0 Å². The molecule has 0 radical (unpaired) electrons. The summed E-state index contributed by atoms with van der Waals surface area (Å²) in [6.07, 6.45) is -3.13. The number of halogens is 3. The molecule has 6 nitrogen and oxygen atoms in total. The van der Waals surface area contributed by atoms with Gasteiger partial charge in [0.2, 0.25) is 0 Å². The quantitative estimate of drug-likeness (QED) is 0.646. The summed E-state index contributed by atoms with van der Waals surface area (Å²) in [5.74, 6) is 0.722. The first kappa shape index (κ1) is 19.3. The second-order valence-corrected chi connectivity index (χ2v) is 6.63. The molecule has 1 aliphatic heterocycles. The zero-order valence-electron chi connectivity index (χ0n) is 15.6. The molecule has 2 heterocycles. The van der Waals surface area contributed by atoms with E-state index in [1.165, 1.54) is 10.7 Å². The van der Waals surface area contributed by atoms with E-state index in [1.807, 2.05) is 29.2 Å². The van der Waals surface area contributed by atoms with Crippen molar-refractivity contribution in [3.8, 4) is 5.75 Å². The molecule has 1 fully saturated rings. The molecule has 4 rings (SSSR count). The van der Waals surface area contributed by atoms with Crippen LogP contribution in [-0.2, 0) is 17.5 Å². The van der Waals surface area contributed by atoms with Crippen LogP contribution in [0.1, 0.15) is 23.0 Å². The zero-order valence-corrected chi connectivity index (χ0v) is 15.6. The van der Waals surface area contributed by atoms with Gasteiger partial charge in [0.25, 0.3) is 0 Å². The first-order valence-corrected chi connectivity index (χ1v) is 9.03. The Labute approximate surface area is 165 Å². The first-order chi connectivity index (χ1) is 14.0. The number of para-hydroxylation sites is 2. The monoisotopic (exact) mass is 404 g/mol. The van der Waals surface area contributed by atoms with Crippen molar-refractivity contribution in [1.29, 1.82) is 0 Å². The van der Waals surface area contributed by atoms with Gasteiger partial charge >= 0.3 is 6.18 Å². The van der Waals surface area contributed by atoms with E-state index in [0.717, 1.165) is 23.6 Å². The van der Waals surface area contributed by atoms with Gasteiger partial charge in [0.05, 0.1) is 37.7 Å². The number of aromatic nitrogens is 3. The van der Waals surface area contributed by atoms with E-state index in [0.29, 0.717) is 24.4 Å². The summed E-state index contributed by atoms with van der Waals surface area (Å²) in [7, 11) is 1.61. The highest BCUT2D eigenvalue weighted by atomic mass is 19.4. The van der Waals surface area contributed by atoms with E-state index in [1.54, 1.807) is 19.4 Å². The number of benzene rings is 2. The average Bonchev–Trinajstić information content (AvgIpc) is 3.36. The molecule has 0 amide bonds. The van der Waals surface area contributed by atoms with E-state index in [2.05, 4.69) is 10.3 Å². The third-order valence-electron chi connectivity index (χ3n) is 4.69. The number of hydrogen-bond acceptors (Lipinski definition) is 5. The molecule has 0 bridgehead atoms. The molecule has 29 heavy (non-hydrogen) atoms. The van der Waals surface area contributed by atoms with Gasteiger partial charge < -0.3 is 14.4 Å². The largest absolute Gasteiger partial charge is 0.495 e.